The molecule has 9 heteroatoms. The summed E-state index contributed by atoms with van der Waals surface area (Å²) in [7, 11) is 1.88. The van der Waals surface area contributed by atoms with E-state index in [4.69, 9.17) is 9.47 Å². The van der Waals surface area contributed by atoms with E-state index >= 15 is 0 Å². The lowest BCUT2D eigenvalue weighted by Gasteiger charge is -2.23. The van der Waals surface area contributed by atoms with E-state index in [1.165, 1.54) is 35.1 Å². The van der Waals surface area contributed by atoms with Crippen LogP contribution in [-0.2, 0) is 17.8 Å². The lowest BCUT2D eigenvalue weighted by atomic mass is 10.1. The average Bonchev–Trinajstić information content (AvgIpc) is 3.14. The molecule has 156 valence electrons. The number of carbonyl (C=O) groups is 1. The second-order valence-electron chi connectivity index (χ2n) is 6.94. The van der Waals surface area contributed by atoms with Crippen molar-refractivity contribution < 1.29 is 23.8 Å². The lowest BCUT2D eigenvalue weighted by molar-refractivity contribution is 0.0696. The molecule has 0 bridgehead atoms. The van der Waals surface area contributed by atoms with Crippen LogP contribution >= 0.6 is 0 Å². The third kappa shape index (κ3) is 4.11. The van der Waals surface area contributed by atoms with Gasteiger partial charge in [-0.15, -0.1) is 0 Å². The van der Waals surface area contributed by atoms with Crippen LogP contribution in [-0.4, -0.2) is 52.6 Å². The fourth-order valence-electron chi connectivity index (χ4n) is 3.29. The maximum absolute atomic E-state index is 13.8. The van der Waals surface area contributed by atoms with Crippen LogP contribution in [0, 0.1) is 5.82 Å². The van der Waals surface area contributed by atoms with Crippen molar-refractivity contribution >= 4 is 11.7 Å². The highest BCUT2D eigenvalue weighted by Crippen LogP contribution is 2.27. The summed E-state index contributed by atoms with van der Waals surface area (Å²) < 4.78 is 27.1. The fraction of sp³-hybridized carbons (Fsp3) is 0.286. The summed E-state index contributed by atoms with van der Waals surface area (Å²) in [4.78, 5) is 17.5. The van der Waals surface area contributed by atoms with Crippen LogP contribution in [0.5, 0.6) is 5.88 Å². The monoisotopic (exact) mass is 412 g/mol. The summed E-state index contributed by atoms with van der Waals surface area (Å²) in [5.74, 6) is -0.593. The van der Waals surface area contributed by atoms with Crippen molar-refractivity contribution in [1.29, 1.82) is 0 Å². The number of anilines is 1. The van der Waals surface area contributed by atoms with Crippen LogP contribution < -0.4 is 9.64 Å². The molecule has 0 aliphatic carbocycles. The van der Waals surface area contributed by atoms with Gasteiger partial charge in [0.2, 0.25) is 5.88 Å². The number of carboxylic acid groups (broad SMARTS) is 1. The molecule has 1 aromatic carbocycles. The summed E-state index contributed by atoms with van der Waals surface area (Å²) in [6.07, 6.45) is 3.66. The van der Waals surface area contributed by atoms with Gasteiger partial charge in [0.05, 0.1) is 25.0 Å². The van der Waals surface area contributed by atoms with Gasteiger partial charge < -0.3 is 19.5 Å². The highest BCUT2D eigenvalue weighted by Gasteiger charge is 2.18. The van der Waals surface area contributed by atoms with Gasteiger partial charge in [0.1, 0.15) is 12.4 Å². The van der Waals surface area contributed by atoms with Gasteiger partial charge in [0, 0.05) is 43.0 Å². The van der Waals surface area contributed by atoms with Gasteiger partial charge in [0.25, 0.3) is 0 Å². The van der Waals surface area contributed by atoms with Gasteiger partial charge in [-0.2, -0.15) is 9.78 Å². The predicted molar refractivity (Wildman–Crippen MR) is 107 cm³/mol. The second-order valence-corrected chi connectivity index (χ2v) is 6.94. The Kier molecular flexibility index (Phi) is 5.62. The maximum Gasteiger partial charge on any atom is 0.335 e. The average molecular weight is 412 g/mol. The Morgan fingerprint density at radius 2 is 2.07 bits per heavy atom. The first-order chi connectivity index (χ1) is 14.5. The Morgan fingerprint density at radius 1 is 1.20 bits per heavy atom. The first kappa shape index (κ1) is 19.8. The van der Waals surface area contributed by atoms with Crippen LogP contribution in [0.25, 0.3) is 5.82 Å². The van der Waals surface area contributed by atoms with Crippen LogP contribution in [0.3, 0.4) is 0 Å². The smallest absolute Gasteiger partial charge is 0.335 e. The number of pyridine rings is 1. The molecule has 3 heterocycles. The molecule has 1 N–H and O–H groups in total. The van der Waals surface area contributed by atoms with E-state index in [-0.39, 0.29) is 18.0 Å². The molecule has 0 saturated carbocycles. The molecule has 0 atom stereocenters. The first-order valence-corrected chi connectivity index (χ1v) is 9.49. The van der Waals surface area contributed by atoms with Gasteiger partial charge in [-0.3, -0.25) is 0 Å². The van der Waals surface area contributed by atoms with Crippen molar-refractivity contribution in [2.75, 3.05) is 31.7 Å². The van der Waals surface area contributed by atoms with E-state index in [1.807, 2.05) is 11.9 Å². The van der Waals surface area contributed by atoms with Gasteiger partial charge in [-0.05, 0) is 24.3 Å². The normalized spacial score (nSPS) is 14.7. The van der Waals surface area contributed by atoms with Crippen LogP contribution in [0.2, 0.25) is 0 Å². The molecule has 8 nitrogen and oxygen atoms in total. The molecular formula is C21H21FN4O4. The highest BCUT2D eigenvalue weighted by molar-refractivity contribution is 5.87. The number of nitrogens with zero attached hydrogens (tertiary/aromatic N) is 4. The number of aromatic nitrogens is 3. The zero-order valence-corrected chi connectivity index (χ0v) is 16.4. The number of ether oxygens (including phenoxy) is 2. The third-order valence-corrected chi connectivity index (χ3v) is 4.92. The van der Waals surface area contributed by atoms with Gasteiger partial charge >= 0.3 is 5.97 Å². The molecule has 1 aliphatic heterocycles. The highest BCUT2D eigenvalue weighted by atomic mass is 19.1. The molecule has 1 aliphatic rings. The van der Waals surface area contributed by atoms with Crippen LogP contribution in [0.1, 0.15) is 21.5 Å². The largest absolute Gasteiger partial charge is 0.478 e. The number of likely N-dealkylation sites (N-methyl/N-ethyl adjacent to an activating group) is 1. The molecule has 2 aromatic heterocycles. The summed E-state index contributed by atoms with van der Waals surface area (Å²) >= 11 is 0. The van der Waals surface area contributed by atoms with Gasteiger partial charge in [-0.1, -0.05) is 6.07 Å². The Labute approximate surface area is 172 Å². The van der Waals surface area contributed by atoms with Crippen molar-refractivity contribution in [3.05, 3.63) is 65.2 Å². The van der Waals surface area contributed by atoms with E-state index in [0.29, 0.717) is 37.9 Å². The molecule has 4 rings (SSSR count). The summed E-state index contributed by atoms with van der Waals surface area (Å²) in [5, 5.41) is 13.6. The molecule has 3 aromatic rings. The Balaban J connectivity index is 1.72. The van der Waals surface area contributed by atoms with E-state index in [0.717, 1.165) is 16.8 Å². The van der Waals surface area contributed by atoms with E-state index < -0.39 is 5.97 Å². The minimum atomic E-state index is -1.05. The standard InChI is InChI=1S/C21H21FN4O4/c1-25-7-9-29-8-5-15-12-24-26(19-10-14(21(27)28)4-6-23-19)20(15)30-13-16-2-3-17(22)11-18(16)25/h2-4,6,10-12H,5,7-9,13H2,1H3,(H,27,28). The Hall–Kier alpha value is -3.46. The van der Waals surface area contributed by atoms with Crippen molar-refractivity contribution in [3.63, 3.8) is 0 Å². The lowest BCUT2D eigenvalue weighted by Crippen LogP contribution is -2.25. The minimum Gasteiger partial charge on any atom is -0.478 e. The number of aromatic carboxylic acids is 1. The molecule has 0 unspecified atom stereocenters. The molecule has 30 heavy (non-hydrogen) atoms. The molecular weight excluding hydrogens is 391 g/mol. The molecule has 0 spiro atoms. The Morgan fingerprint density at radius 3 is 2.90 bits per heavy atom. The van der Waals surface area contributed by atoms with Crippen molar-refractivity contribution in [2.45, 2.75) is 13.0 Å². The zero-order valence-electron chi connectivity index (χ0n) is 16.4. The van der Waals surface area contributed by atoms with Gasteiger partial charge in [-0.25, -0.2) is 14.2 Å². The zero-order chi connectivity index (χ0) is 21.1. The SMILES string of the molecule is CN1CCOCCc2cnn(-c3cc(C(=O)O)ccn3)c2OCc2ccc(F)cc21. The van der Waals surface area contributed by atoms with Crippen molar-refractivity contribution in [3.8, 4) is 11.7 Å². The number of hydrogen-bond acceptors (Lipinski definition) is 6. The molecule has 0 fully saturated rings. The van der Waals surface area contributed by atoms with Crippen LogP contribution in [0.4, 0.5) is 10.1 Å². The number of rotatable bonds is 2. The summed E-state index contributed by atoms with van der Waals surface area (Å²) in [6, 6.07) is 7.41. The van der Waals surface area contributed by atoms with E-state index in [1.54, 1.807) is 12.3 Å². The van der Waals surface area contributed by atoms with Crippen molar-refractivity contribution in [2.24, 2.45) is 0 Å². The third-order valence-electron chi connectivity index (χ3n) is 4.92. The van der Waals surface area contributed by atoms with Gasteiger partial charge in [0.15, 0.2) is 5.82 Å². The number of halogens is 1. The van der Waals surface area contributed by atoms with Crippen LogP contribution in [0.15, 0.2) is 42.7 Å². The topological polar surface area (TPSA) is 89.7 Å². The van der Waals surface area contributed by atoms with E-state index in [2.05, 4.69) is 10.1 Å². The maximum atomic E-state index is 13.8. The number of benzene rings is 1. The molecule has 0 saturated heterocycles. The summed E-state index contributed by atoms with van der Waals surface area (Å²) in [6.45, 7) is 1.78. The second kappa shape index (κ2) is 8.50. The predicted octanol–water partition coefficient (Wildman–Crippen LogP) is 2.69. The quantitative estimate of drug-likeness (QED) is 0.692. The van der Waals surface area contributed by atoms with E-state index in [9.17, 15) is 14.3 Å². The minimum absolute atomic E-state index is 0.100. The number of carboxylic acids is 1. The van der Waals surface area contributed by atoms with Crippen molar-refractivity contribution in [1.82, 2.24) is 14.8 Å². The summed E-state index contributed by atoms with van der Waals surface area (Å²) in [5.41, 5.74) is 2.45. The fourth-order valence-corrected chi connectivity index (χ4v) is 3.29. The number of fused-ring (bicyclic) bond motifs is 2. The molecule has 0 radical (unpaired) electrons. The molecule has 0 amide bonds. The number of hydrogen-bond donors (Lipinski definition) is 1. The first-order valence-electron chi connectivity index (χ1n) is 9.49. The Bertz CT molecular complexity index is 1070.